The second-order valence-electron chi connectivity index (χ2n) is 6.27. The van der Waals surface area contributed by atoms with Gasteiger partial charge in [0.1, 0.15) is 6.10 Å². The van der Waals surface area contributed by atoms with Gasteiger partial charge in [-0.25, -0.2) is 8.78 Å². The fraction of sp³-hybridized carbons (Fsp3) is 0.786. The molecule has 26 heavy (non-hydrogen) atoms. The number of ether oxygens (including phenoxy) is 1. The highest BCUT2D eigenvalue weighted by Crippen LogP contribution is 2.29. The summed E-state index contributed by atoms with van der Waals surface area (Å²) in [5.74, 6) is -4.80. The SMILES string of the molecule is O=C(C1CN(Cc2nnc(C(F)(F)F)o2)CCO1)N1CCC(F)(F)CC1. The number of likely N-dealkylation sites (tertiary alicyclic amines) is 1. The van der Waals surface area contributed by atoms with Crippen LogP contribution in [0.5, 0.6) is 0 Å². The maximum atomic E-state index is 13.2. The lowest BCUT2D eigenvalue weighted by atomic mass is 10.1. The lowest BCUT2D eigenvalue weighted by Gasteiger charge is -2.37. The molecular weight excluding hydrogens is 367 g/mol. The van der Waals surface area contributed by atoms with Crippen LogP contribution in [-0.4, -0.2) is 70.7 Å². The Labute approximate surface area is 145 Å². The van der Waals surface area contributed by atoms with Gasteiger partial charge in [-0.1, -0.05) is 0 Å². The van der Waals surface area contributed by atoms with Crippen LogP contribution >= 0.6 is 0 Å². The fourth-order valence-corrected chi connectivity index (χ4v) is 2.88. The van der Waals surface area contributed by atoms with Crippen molar-refractivity contribution < 1.29 is 35.9 Å². The molecule has 2 aliphatic heterocycles. The minimum atomic E-state index is -4.72. The van der Waals surface area contributed by atoms with Crippen molar-refractivity contribution in [3.63, 3.8) is 0 Å². The number of carbonyl (C=O) groups excluding carboxylic acids is 1. The Bertz CT molecular complexity index is 641. The van der Waals surface area contributed by atoms with E-state index in [1.807, 2.05) is 0 Å². The van der Waals surface area contributed by atoms with Crippen LogP contribution in [0.15, 0.2) is 4.42 Å². The Balaban J connectivity index is 1.56. The van der Waals surface area contributed by atoms with Crippen molar-refractivity contribution in [2.45, 2.75) is 37.6 Å². The zero-order valence-electron chi connectivity index (χ0n) is 13.6. The smallest absolute Gasteiger partial charge is 0.416 e. The van der Waals surface area contributed by atoms with Crippen LogP contribution in [0.1, 0.15) is 24.6 Å². The number of nitrogens with zero attached hydrogens (tertiary/aromatic N) is 4. The molecule has 0 saturated carbocycles. The summed E-state index contributed by atoms with van der Waals surface area (Å²) < 4.78 is 73.8. The molecule has 0 aliphatic carbocycles. The first-order valence-electron chi connectivity index (χ1n) is 8.04. The van der Waals surface area contributed by atoms with E-state index in [2.05, 4.69) is 14.6 Å². The molecule has 7 nitrogen and oxygen atoms in total. The first kappa shape index (κ1) is 19.0. The summed E-state index contributed by atoms with van der Waals surface area (Å²) in [5.41, 5.74) is 0. The summed E-state index contributed by atoms with van der Waals surface area (Å²) in [7, 11) is 0. The highest BCUT2D eigenvalue weighted by atomic mass is 19.4. The Morgan fingerprint density at radius 2 is 1.88 bits per heavy atom. The number of hydrogen-bond acceptors (Lipinski definition) is 6. The predicted molar refractivity (Wildman–Crippen MR) is 75.1 cm³/mol. The summed E-state index contributed by atoms with van der Waals surface area (Å²) in [6.45, 7) is 0.491. The van der Waals surface area contributed by atoms with Gasteiger partial charge in [0, 0.05) is 39.0 Å². The molecule has 0 spiro atoms. The molecule has 0 radical (unpaired) electrons. The zero-order valence-corrected chi connectivity index (χ0v) is 13.6. The number of alkyl halides is 5. The average Bonchev–Trinajstić information content (AvgIpc) is 3.03. The van der Waals surface area contributed by atoms with Crippen molar-refractivity contribution in [1.29, 1.82) is 0 Å². The molecule has 2 fully saturated rings. The Morgan fingerprint density at radius 1 is 1.19 bits per heavy atom. The largest absolute Gasteiger partial charge is 0.470 e. The van der Waals surface area contributed by atoms with E-state index < -0.39 is 42.8 Å². The lowest BCUT2D eigenvalue weighted by molar-refractivity contribution is -0.158. The zero-order chi connectivity index (χ0) is 18.9. The van der Waals surface area contributed by atoms with Gasteiger partial charge in [0.15, 0.2) is 0 Å². The molecule has 1 amide bonds. The monoisotopic (exact) mass is 384 g/mol. The summed E-state index contributed by atoms with van der Waals surface area (Å²) >= 11 is 0. The molecule has 3 rings (SSSR count). The highest BCUT2D eigenvalue weighted by Gasteiger charge is 2.40. The molecular formula is C14H17F5N4O3. The van der Waals surface area contributed by atoms with Crippen molar-refractivity contribution in [1.82, 2.24) is 20.0 Å². The third-order valence-electron chi connectivity index (χ3n) is 4.30. The van der Waals surface area contributed by atoms with Crippen molar-refractivity contribution in [2.75, 3.05) is 32.8 Å². The van der Waals surface area contributed by atoms with E-state index in [1.165, 1.54) is 4.90 Å². The summed E-state index contributed by atoms with van der Waals surface area (Å²) in [4.78, 5) is 15.4. The quantitative estimate of drug-likeness (QED) is 0.737. The average molecular weight is 384 g/mol. The van der Waals surface area contributed by atoms with Gasteiger partial charge in [-0.2, -0.15) is 13.2 Å². The van der Waals surface area contributed by atoms with Crippen LogP contribution in [0.3, 0.4) is 0 Å². The molecule has 2 aliphatic rings. The molecule has 0 aromatic carbocycles. The van der Waals surface area contributed by atoms with Crippen molar-refractivity contribution in [2.24, 2.45) is 0 Å². The van der Waals surface area contributed by atoms with E-state index in [0.717, 1.165) is 0 Å². The van der Waals surface area contributed by atoms with Crippen LogP contribution in [-0.2, 0) is 22.3 Å². The van der Waals surface area contributed by atoms with E-state index in [-0.39, 0.29) is 38.7 Å². The second kappa shape index (κ2) is 7.06. The fourth-order valence-electron chi connectivity index (χ4n) is 2.88. The molecule has 1 unspecified atom stereocenters. The number of morpholine rings is 1. The maximum absolute atomic E-state index is 13.2. The van der Waals surface area contributed by atoms with Gasteiger partial charge in [-0.3, -0.25) is 9.69 Å². The predicted octanol–water partition coefficient (Wildman–Crippen LogP) is 1.55. The van der Waals surface area contributed by atoms with Crippen LogP contribution in [0, 0.1) is 0 Å². The molecule has 146 valence electrons. The van der Waals surface area contributed by atoms with E-state index in [4.69, 9.17) is 4.74 Å². The van der Waals surface area contributed by atoms with Gasteiger partial charge in [0.05, 0.1) is 13.2 Å². The molecule has 1 aromatic heterocycles. The molecule has 1 aromatic rings. The number of halogens is 5. The Morgan fingerprint density at radius 3 is 2.50 bits per heavy atom. The summed E-state index contributed by atoms with van der Waals surface area (Å²) in [6, 6.07) is 0. The number of aromatic nitrogens is 2. The maximum Gasteiger partial charge on any atom is 0.470 e. The minimum absolute atomic E-state index is 0.0513. The van der Waals surface area contributed by atoms with Crippen LogP contribution in [0.2, 0.25) is 0 Å². The molecule has 3 heterocycles. The van der Waals surface area contributed by atoms with Crippen LogP contribution < -0.4 is 0 Å². The van der Waals surface area contributed by atoms with E-state index >= 15 is 0 Å². The van der Waals surface area contributed by atoms with Gasteiger partial charge in [0.25, 0.3) is 11.8 Å². The highest BCUT2D eigenvalue weighted by molar-refractivity contribution is 5.81. The van der Waals surface area contributed by atoms with Crippen molar-refractivity contribution in [3.8, 4) is 0 Å². The minimum Gasteiger partial charge on any atom is -0.416 e. The van der Waals surface area contributed by atoms with Gasteiger partial charge in [0.2, 0.25) is 5.89 Å². The van der Waals surface area contributed by atoms with Crippen molar-refractivity contribution in [3.05, 3.63) is 11.8 Å². The molecule has 1 atom stereocenters. The third-order valence-corrected chi connectivity index (χ3v) is 4.30. The first-order valence-corrected chi connectivity index (χ1v) is 8.04. The molecule has 0 bridgehead atoms. The van der Waals surface area contributed by atoms with Gasteiger partial charge >= 0.3 is 12.1 Å². The Kier molecular flexibility index (Phi) is 5.15. The number of amides is 1. The third kappa shape index (κ3) is 4.47. The standard InChI is InChI=1S/C14H17F5N4O3/c15-13(16)1-3-23(4-2-13)11(24)9-7-22(5-6-25-9)8-10-20-21-12(26-10)14(17,18)19/h9H,1-8H2. The first-order chi connectivity index (χ1) is 12.1. The number of carbonyl (C=O) groups is 1. The van der Waals surface area contributed by atoms with Gasteiger partial charge in [-0.15, -0.1) is 10.2 Å². The number of rotatable bonds is 3. The normalized spacial score (nSPS) is 24.7. The van der Waals surface area contributed by atoms with Gasteiger partial charge < -0.3 is 14.1 Å². The second-order valence-corrected chi connectivity index (χ2v) is 6.27. The number of piperidine rings is 1. The lowest BCUT2D eigenvalue weighted by Crippen LogP contribution is -2.53. The van der Waals surface area contributed by atoms with Crippen LogP contribution in [0.25, 0.3) is 0 Å². The molecule has 12 heteroatoms. The van der Waals surface area contributed by atoms with Gasteiger partial charge in [-0.05, 0) is 0 Å². The Hall–Kier alpha value is -1.82. The topological polar surface area (TPSA) is 71.7 Å². The summed E-state index contributed by atoms with van der Waals surface area (Å²) in [6.07, 6.45) is -6.36. The van der Waals surface area contributed by atoms with Crippen LogP contribution in [0.4, 0.5) is 22.0 Å². The molecule has 2 saturated heterocycles. The summed E-state index contributed by atoms with van der Waals surface area (Å²) in [5, 5.41) is 6.30. The van der Waals surface area contributed by atoms with E-state index in [0.29, 0.717) is 6.54 Å². The van der Waals surface area contributed by atoms with E-state index in [9.17, 15) is 26.7 Å². The molecule has 0 N–H and O–H groups in total. The number of hydrogen-bond donors (Lipinski definition) is 0. The van der Waals surface area contributed by atoms with Crippen molar-refractivity contribution >= 4 is 5.91 Å². The van der Waals surface area contributed by atoms with E-state index in [1.54, 1.807) is 4.90 Å².